The monoisotopic (exact) mass is 422 g/mol. The SMILES string of the molecule is CCOc1ccc(C(=O)N2CCN(c3ccc(-c4ccc(Cl)cc4)nn3)CC2)cc1. The van der Waals surface area contributed by atoms with Crippen molar-refractivity contribution in [2.24, 2.45) is 0 Å². The molecule has 0 saturated carbocycles. The highest BCUT2D eigenvalue weighted by Crippen LogP contribution is 2.22. The predicted octanol–water partition coefficient (Wildman–Crippen LogP) is 4.16. The van der Waals surface area contributed by atoms with Crippen molar-refractivity contribution in [3.8, 4) is 17.0 Å². The summed E-state index contributed by atoms with van der Waals surface area (Å²) in [6, 6.07) is 18.8. The maximum Gasteiger partial charge on any atom is 0.253 e. The van der Waals surface area contributed by atoms with Crippen molar-refractivity contribution in [2.75, 3.05) is 37.7 Å². The number of benzene rings is 2. The lowest BCUT2D eigenvalue weighted by Crippen LogP contribution is -2.49. The molecule has 1 amide bonds. The number of ether oxygens (including phenoxy) is 1. The van der Waals surface area contributed by atoms with Crippen LogP contribution in [0.15, 0.2) is 60.7 Å². The second-order valence-electron chi connectivity index (χ2n) is 7.02. The van der Waals surface area contributed by atoms with Crippen LogP contribution in [0.1, 0.15) is 17.3 Å². The van der Waals surface area contributed by atoms with E-state index in [1.165, 1.54) is 0 Å². The van der Waals surface area contributed by atoms with Gasteiger partial charge in [0.05, 0.1) is 12.3 Å². The van der Waals surface area contributed by atoms with E-state index in [4.69, 9.17) is 16.3 Å². The summed E-state index contributed by atoms with van der Waals surface area (Å²) in [5.74, 6) is 1.64. The van der Waals surface area contributed by atoms with Gasteiger partial charge in [-0.05, 0) is 55.5 Å². The minimum absolute atomic E-state index is 0.0434. The number of carbonyl (C=O) groups excluding carboxylic acids is 1. The van der Waals surface area contributed by atoms with Crippen LogP contribution in [-0.4, -0.2) is 53.8 Å². The Morgan fingerprint density at radius 2 is 1.63 bits per heavy atom. The molecule has 0 bridgehead atoms. The van der Waals surface area contributed by atoms with Crippen LogP contribution < -0.4 is 9.64 Å². The summed E-state index contributed by atoms with van der Waals surface area (Å²) in [5, 5.41) is 9.43. The molecule has 3 aromatic rings. The van der Waals surface area contributed by atoms with Gasteiger partial charge in [0.15, 0.2) is 5.82 Å². The van der Waals surface area contributed by atoms with Crippen molar-refractivity contribution in [1.82, 2.24) is 15.1 Å². The van der Waals surface area contributed by atoms with Crippen molar-refractivity contribution >= 4 is 23.3 Å². The third kappa shape index (κ3) is 4.54. The Hall–Kier alpha value is -3.12. The highest BCUT2D eigenvalue weighted by Gasteiger charge is 2.23. The molecular formula is C23H23ClN4O2. The predicted molar refractivity (Wildman–Crippen MR) is 118 cm³/mol. The first-order chi connectivity index (χ1) is 14.6. The topological polar surface area (TPSA) is 58.6 Å². The Labute approximate surface area is 181 Å². The van der Waals surface area contributed by atoms with Gasteiger partial charge in [-0.3, -0.25) is 4.79 Å². The van der Waals surface area contributed by atoms with Gasteiger partial charge in [-0.1, -0.05) is 23.7 Å². The largest absolute Gasteiger partial charge is 0.494 e. The van der Waals surface area contributed by atoms with Crippen molar-refractivity contribution in [1.29, 1.82) is 0 Å². The fourth-order valence-corrected chi connectivity index (χ4v) is 3.58. The summed E-state index contributed by atoms with van der Waals surface area (Å²) in [4.78, 5) is 16.8. The first kappa shape index (κ1) is 20.2. The van der Waals surface area contributed by atoms with Crippen molar-refractivity contribution < 1.29 is 9.53 Å². The number of rotatable bonds is 5. The molecular weight excluding hydrogens is 400 g/mol. The Kier molecular flexibility index (Phi) is 6.14. The molecule has 7 heteroatoms. The van der Waals surface area contributed by atoms with Crippen LogP contribution in [0.2, 0.25) is 5.02 Å². The second-order valence-corrected chi connectivity index (χ2v) is 7.46. The fraction of sp³-hybridized carbons (Fsp3) is 0.261. The Morgan fingerprint density at radius 1 is 0.933 bits per heavy atom. The summed E-state index contributed by atoms with van der Waals surface area (Å²) in [5.41, 5.74) is 2.46. The molecule has 0 unspecified atom stereocenters. The highest BCUT2D eigenvalue weighted by atomic mass is 35.5. The third-order valence-electron chi connectivity index (χ3n) is 5.09. The fourth-order valence-electron chi connectivity index (χ4n) is 3.45. The molecule has 0 N–H and O–H groups in total. The molecule has 2 aromatic carbocycles. The molecule has 0 radical (unpaired) electrons. The van der Waals surface area contributed by atoms with Gasteiger partial charge in [-0.15, -0.1) is 10.2 Å². The van der Waals surface area contributed by atoms with E-state index in [0.717, 1.165) is 35.9 Å². The molecule has 30 heavy (non-hydrogen) atoms. The zero-order valence-corrected chi connectivity index (χ0v) is 17.5. The van der Waals surface area contributed by atoms with E-state index >= 15 is 0 Å². The average Bonchev–Trinajstić information content (AvgIpc) is 2.80. The van der Waals surface area contributed by atoms with Crippen molar-refractivity contribution in [3.63, 3.8) is 0 Å². The molecule has 1 aliphatic heterocycles. The van der Waals surface area contributed by atoms with Gasteiger partial charge < -0.3 is 14.5 Å². The standard InChI is InChI=1S/C23H23ClN4O2/c1-2-30-20-9-5-18(6-10-20)23(29)28-15-13-27(14-16-28)22-12-11-21(25-26-22)17-3-7-19(24)8-4-17/h3-12H,2,13-16H2,1H3. The molecule has 1 saturated heterocycles. The normalized spacial score (nSPS) is 13.9. The average molecular weight is 423 g/mol. The van der Waals surface area contributed by atoms with Gasteiger partial charge >= 0.3 is 0 Å². The van der Waals surface area contributed by atoms with Gasteiger partial charge in [0.1, 0.15) is 5.75 Å². The molecule has 0 atom stereocenters. The number of hydrogen-bond acceptors (Lipinski definition) is 5. The minimum Gasteiger partial charge on any atom is -0.494 e. The molecule has 2 heterocycles. The van der Waals surface area contributed by atoms with Crippen LogP contribution in [0.25, 0.3) is 11.3 Å². The van der Waals surface area contributed by atoms with E-state index in [-0.39, 0.29) is 5.91 Å². The zero-order valence-electron chi connectivity index (χ0n) is 16.8. The van der Waals surface area contributed by atoms with Crippen molar-refractivity contribution in [2.45, 2.75) is 6.92 Å². The summed E-state index contributed by atoms with van der Waals surface area (Å²) in [6.45, 7) is 5.28. The number of piperazine rings is 1. The summed E-state index contributed by atoms with van der Waals surface area (Å²) >= 11 is 5.94. The number of hydrogen-bond donors (Lipinski definition) is 0. The van der Waals surface area contributed by atoms with Gasteiger partial charge in [-0.25, -0.2) is 0 Å². The molecule has 0 aliphatic carbocycles. The number of anilines is 1. The zero-order chi connectivity index (χ0) is 20.9. The van der Waals surface area contributed by atoms with E-state index in [2.05, 4.69) is 15.1 Å². The van der Waals surface area contributed by atoms with Gasteiger partial charge in [-0.2, -0.15) is 0 Å². The van der Waals surface area contributed by atoms with Crippen LogP contribution in [0, 0.1) is 0 Å². The van der Waals surface area contributed by atoms with E-state index in [1.54, 1.807) is 0 Å². The molecule has 6 nitrogen and oxygen atoms in total. The van der Waals surface area contributed by atoms with E-state index in [0.29, 0.717) is 30.3 Å². The first-order valence-electron chi connectivity index (χ1n) is 10.0. The maximum atomic E-state index is 12.8. The van der Waals surface area contributed by atoms with Crippen LogP contribution >= 0.6 is 11.6 Å². The van der Waals surface area contributed by atoms with Crippen LogP contribution in [0.4, 0.5) is 5.82 Å². The van der Waals surface area contributed by atoms with Crippen LogP contribution in [-0.2, 0) is 0 Å². The highest BCUT2D eigenvalue weighted by molar-refractivity contribution is 6.30. The van der Waals surface area contributed by atoms with E-state index < -0.39 is 0 Å². The summed E-state index contributed by atoms with van der Waals surface area (Å²) in [7, 11) is 0. The second kappa shape index (κ2) is 9.13. The van der Waals surface area contributed by atoms with Crippen molar-refractivity contribution in [3.05, 3.63) is 71.2 Å². The summed E-state index contributed by atoms with van der Waals surface area (Å²) < 4.78 is 5.44. The number of nitrogens with zero attached hydrogens (tertiary/aromatic N) is 4. The molecule has 1 aromatic heterocycles. The Morgan fingerprint density at radius 3 is 2.23 bits per heavy atom. The summed E-state index contributed by atoms with van der Waals surface area (Å²) in [6.07, 6.45) is 0. The first-order valence-corrected chi connectivity index (χ1v) is 10.4. The van der Waals surface area contributed by atoms with Gasteiger partial charge in [0.2, 0.25) is 0 Å². The Balaban J connectivity index is 1.36. The number of aromatic nitrogens is 2. The van der Waals surface area contributed by atoms with Gasteiger partial charge in [0.25, 0.3) is 5.91 Å². The molecule has 154 valence electrons. The minimum atomic E-state index is 0.0434. The smallest absolute Gasteiger partial charge is 0.253 e. The lowest BCUT2D eigenvalue weighted by molar-refractivity contribution is 0.0746. The third-order valence-corrected chi connectivity index (χ3v) is 5.35. The van der Waals surface area contributed by atoms with Crippen LogP contribution in [0.5, 0.6) is 5.75 Å². The molecule has 4 rings (SSSR count). The molecule has 0 spiro atoms. The lowest BCUT2D eigenvalue weighted by Gasteiger charge is -2.35. The molecule has 1 aliphatic rings. The maximum absolute atomic E-state index is 12.8. The van der Waals surface area contributed by atoms with E-state index in [1.807, 2.05) is 72.5 Å². The number of halogens is 1. The Bertz CT molecular complexity index is 983. The molecule has 1 fully saturated rings. The number of carbonyl (C=O) groups is 1. The quantitative estimate of drug-likeness (QED) is 0.618. The van der Waals surface area contributed by atoms with E-state index in [9.17, 15) is 4.79 Å². The number of amides is 1. The van der Waals surface area contributed by atoms with Crippen LogP contribution in [0.3, 0.4) is 0 Å². The van der Waals surface area contributed by atoms with Gasteiger partial charge in [0, 0.05) is 42.3 Å². The lowest BCUT2D eigenvalue weighted by atomic mass is 10.1.